The van der Waals surface area contributed by atoms with Crippen LogP contribution in [0.5, 0.6) is 0 Å². The molecule has 0 aromatic carbocycles. The molecule has 1 fully saturated rings. The number of hydrazine groups is 1. The molecule has 0 saturated carbocycles. The standard InChI is InChI=1S/C11H25N3/c1-10(2)8-14(12(5)6)9-11(3,4)13(10)7/h8-9H2,1-7H3. The summed E-state index contributed by atoms with van der Waals surface area (Å²) in [5.41, 5.74) is 0.484. The van der Waals surface area contributed by atoms with E-state index in [4.69, 9.17) is 0 Å². The van der Waals surface area contributed by atoms with Crippen molar-refractivity contribution in [2.24, 2.45) is 0 Å². The Hall–Kier alpha value is -0.120. The summed E-state index contributed by atoms with van der Waals surface area (Å²) >= 11 is 0. The van der Waals surface area contributed by atoms with E-state index < -0.39 is 0 Å². The van der Waals surface area contributed by atoms with Crippen molar-refractivity contribution in [2.75, 3.05) is 34.2 Å². The summed E-state index contributed by atoms with van der Waals surface area (Å²) in [6.07, 6.45) is 0. The van der Waals surface area contributed by atoms with Gasteiger partial charge in [0, 0.05) is 38.3 Å². The molecule has 0 aliphatic carbocycles. The zero-order chi connectivity index (χ0) is 11.1. The summed E-state index contributed by atoms with van der Waals surface area (Å²) in [5, 5.41) is 4.62. The Labute approximate surface area is 88.6 Å². The molecule has 0 spiro atoms. The summed E-state index contributed by atoms with van der Waals surface area (Å²) in [6, 6.07) is 0. The largest absolute Gasteiger partial charge is 0.293 e. The van der Waals surface area contributed by atoms with Gasteiger partial charge < -0.3 is 0 Å². The molecule has 0 radical (unpaired) electrons. The van der Waals surface area contributed by atoms with Crippen LogP contribution in [-0.4, -0.2) is 60.2 Å². The van der Waals surface area contributed by atoms with E-state index in [1.807, 2.05) is 0 Å². The van der Waals surface area contributed by atoms with E-state index in [1.54, 1.807) is 0 Å². The first-order valence-electron chi connectivity index (χ1n) is 5.33. The Bertz CT molecular complexity index is 191. The van der Waals surface area contributed by atoms with Gasteiger partial charge in [-0.3, -0.25) is 4.90 Å². The zero-order valence-electron chi connectivity index (χ0n) is 10.8. The molecule has 0 aromatic heterocycles. The third-order valence-corrected chi connectivity index (χ3v) is 3.52. The molecule has 3 heteroatoms. The third kappa shape index (κ3) is 2.10. The molecule has 0 unspecified atom stereocenters. The van der Waals surface area contributed by atoms with Crippen molar-refractivity contribution < 1.29 is 0 Å². The molecular formula is C11H25N3. The summed E-state index contributed by atoms with van der Waals surface area (Å²) in [4.78, 5) is 2.49. The average molecular weight is 199 g/mol. The minimum atomic E-state index is 0.242. The van der Waals surface area contributed by atoms with Crippen LogP contribution in [0.25, 0.3) is 0 Å². The van der Waals surface area contributed by atoms with Gasteiger partial charge in [-0.05, 0) is 34.7 Å². The quantitative estimate of drug-likeness (QED) is 0.629. The predicted molar refractivity (Wildman–Crippen MR) is 61.2 cm³/mol. The van der Waals surface area contributed by atoms with Gasteiger partial charge in [0.05, 0.1) is 0 Å². The maximum Gasteiger partial charge on any atom is 0.0313 e. The first-order valence-corrected chi connectivity index (χ1v) is 5.33. The molecule has 0 amide bonds. The molecule has 14 heavy (non-hydrogen) atoms. The number of nitrogens with zero attached hydrogens (tertiary/aromatic N) is 3. The highest BCUT2D eigenvalue weighted by atomic mass is 15.6. The van der Waals surface area contributed by atoms with Crippen LogP contribution >= 0.6 is 0 Å². The lowest BCUT2D eigenvalue weighted by molar-refractivity contribution is -0.122. The molecule has 84 valence electrons. The van der Waals surface area contributed by atoms with E-state index in [1.165, 1.54) is 0 Å². The molecule has 1 aliphatic heterocycles. The van der Waals surface area contributed by atoms with Crippen LogP contribution in [0.3, 0.4) is 0 Å². The highest BCUT2D eigenvalue weighted by molar-refractivity contribution is 4.98. The lowest BCUT2D eigenvalue weighted by Gasteiger charge is -2.56. The molecule has 1 heterocycles. The number of rotatable bonds is 1. The SMILES string of the molecule is CN(C)N1CC(C)(C)N(C)C(C)(C)C1. The van der Waals surface area contributed by atoms with Crippen LogP contribution in [0.2, 0.25) is 0 Å². The van der Waals surface area contributed by atoms with E-state index >= 15 is 0 Å². The third-order valence-electron chi connectivity index (χ3n) is 3.52. The Balaban J connectivity index is 2.86. The van der Waals surface area contributed by atoms with Crippen molar-refractivity contribution in [2.45, 2.75) is 38.8 Å². The number of hydrogen-bond donors (Lipinski definition) is 0. The van der Waals surface area contributed by atoms with Gasteiger partial charge in [-0.1, -0.05) is 0 Å². The van der Waals surface area contributed by atoms with Gasteiger partial charge in [0.15, 0.2) is 0 Å². The Morgan fingerprint density at radius 3 is 1.57 bits per heavy atom. The maximum absolute atomic E-state index is 2.49. The molecular weight excluding hydrogens is 174 g/mol. The molecule has 1 aliphatic rings. The van der Waals surface area contributed by atoms with Crippen molar-refractivity contribution >= 4 is 0 Å². The fourth-order valence-corrected chi connectivity index (χ4v) is 2.26. The van der Waals surface area contributed by atoms with Crippen molar-refractivity contribution in [1.82, 2.24) is 14.9 Å². The summed E-state index contributed by atoms with van der Waals surface area (Å²) in [7, 11) is 6.47. The number of likely N-dealkylation sites (N-methyl/N-ethyl adjacent to an activating group) is 1. The van der Waals surface area contributed by atoms with Crippen LogP contribution in [0.4, 0.5) is 0 Å². The smallest absolute Gasteiger partial charge is 0.0313 e. The molecule has 0 aromatic rings. The van der Waals surface area contributed by atoms with Gasteiger partial charge >= 0.3 is 0 Å². The average Bonchev–Trinajstić information content (AvgIpc) is 1.98. The van der Waals surface area contributed by atoms with Crippen LogP contribution in [0.1, 0.15) is 27.7 Å². The van der Waals surface area contributed by atoms with Gasteiger partial charge in [-0.2, -0.15) is 0 Å². The normalized spacial score (nSPS) is 28.3. The van der Waals surface area contributed by atoms with Crippen LogP contribution in [-0.2, 0) is 0 Å². The van der Waals surface area contributed by atoms with Crippen molar-refractivity contribution in [1.29, 1.82) is 0 Å². The number of hydrogen-bond acceptors (Lipinski definition) is 3. The Kier molecular flexibility index (Phi) is 2.96. The minimum Gasteiger partial charge on any atom is -0.293 e. The van der Waals surface area contributed by atoms with E-state index in [-0.39, 0.29) is 11.1 Å². The monoisotopic (exact) mass is 199 g/mol. The first kappa shape index (κ1) is 12.0. The molecule has 0 bridgehead atoms. The second kappa shape index (κ2) is 3.47. The van der Waals surface area contributed by atoms with Crippen molar-refractivity contribution in [3.8, 4) is 0 Å². The van der Waals surface area contributed by atoms with E-state index in [2.05, 4.69) is 63.8 Å². The highest BCUT2D eigenvalue weighted by Crippen LogP contribution is 2.30. The highest BCUT2D eigenvalue weighted by Gasteiger charge is 2.42. The second-order valence-corrected chi connectivity index (χ2v) is 5.85. The fourth-order valence-electron chi connectivity index (χ4n) is 2.26. The fraction of sp³-hybridized carbons (Fsp3) is 1.00. The Morgan fingerprint density at radius 1 is 0.929 bits per heavy atom. The molecule has 3 nitrogen and oxygen atoms in total. The summed E-state index contributed by atoms with van der Waals surface area (Å²) in [5.74, 6) is 0. The number of piperazine rings is 1. The van der Waals surface area contributed by atoms with Gasteiger partial charge in [0.1, 0.15) is 0 Å². The second-order valence-electron chi connectivity index (χ2n) is 5.85. The van der Waals surface area contributed by atoms with E-state index in [0.717, 1.165) is 13.1 Å². The minimum absolute atomic E-state index is 0.242. The molecule has 1 rings (SSSR count). The van der Waals surface area contributed by atoms with Gasteiger partial charge in [-0.25, -0.2) is 10.0 Å². The van der Waals surface area contributed by atoms with E-state index in [9.17, 15) is 0 Å². The first-order chi connectivity index (χ1) is 6.17. The Morgan fingerprint density at radius 2 is 1.29 bits per heavy atom. The predicted octanol–water partition coefficient (Wildman–Crippen LogP) is 1.27. The molecule has 1 saturated heterocycles. The van der Waals surface area contributed by atoms with E-state index in [0.29, 0.717) is 0 Å². The lowest BCUT2D eigenvalue weighted by atomic mass is 9.89. The maximum atomic E-state index is 2.49. The van der Waals surface area contributed by atoms with Crippen molar-refractivity contribution in [3.05, 3.63) is 0 Å². The van der Waals surface area contributed by atoms with Crippen molar-refractivity contribution in [3.63, 3.8) is 0 Å². The van der Waals surface area contributed by atoms with Crippen LogP contribution in [0, 0.1) is 0 Å². The summed E-state index contributed by atoms with van der Waals surface area (Å²) in [6.45, 7) is 11.4. The van der Waals surface area contributed by atoms with Crippen LogP contribution < -0.4 is 0 Å². The van der Waals surface area contributed by atoms with Gasteiger partial charge in [0.25, 0.3) is 0 Å². The van der Waals surface area contributed by atoms with Crippen LogP contribution in [0.15, 0.2) is 0 Å². The lowest BCUT2D eigenvalue weighted by Crippen LogP contribution is -2.68. The topological polar surface area (TPSA) is 9.72 Å². The van der Waals surface area contributed by atoms with Gasteiger partial charge in [0.2, 0.25) is 0 Å². The van der Waals surface area contributed by atoms with Gasteiger partial charge in [-0.15, -0.1) is 0 Å². The zero-order valence-corrected chi connectivity index (χ0v) is 10.8. The molecule has 0 N–H and O–H groups in total. The summed E-state index contributed by atoms with van der Waals surface area (Å²) < 4.78 is 0. The molecule has 0 atom stereocenters.